The van der Waals surface area contributed by atoms with Crippen molar-refractivity contribution in [3.63, 3.8) is 0 Å². The number of aldehydes is 1. The quantitative estimate of drug-likeness (QED) is 0.696. The molecule has 0 saturated heterocycles. The summed E-state index contributed by atoms with van der Waals surface area (Å²) in [6, 6.07) is 5.86. The molecular weight excluding hydrogens is 172 g/mol. The molecule has 0 fully saturated rings. The predicted octanol–water partition coefficient (Wildman–Crippen LogP) is 0.805. The topological polar surface area (TPSA) is 63.6 Å². The summed E-state index contributed by atoms with van der Waals surface area (Å²) < 4.78 is 4.49. The Balaban J connectivity index is 2.84. The lowest BCUT2D eigenvalue weighted by Crippen LogP contribution is -2.03. The first-order chi connectivity index (χ1) is 6.27. The maximum absolute atomic E-state index is 10.4. The van der Waals surface area contributed by atoms with E-state index in [-0.39, 0.29) is 12.2 Å². The summed E-state index contributed by atoms with van der Waals surface area (Å²) in [6.07, 6.45) is -0.376. The lowest BCUT2D eigenvalue weighted by molar-refractivity contribution is -0.139. The van der Waals surface area contributed by atoms with E-state index in [9.17, 15) is 9.59 Å². The highest BCUT2D eigenvalue weighted by atomic mass is 16.5. The molecule has 1 unspecified atom stereocenters. The minimum Gasteiger partial charge on any atom is -0.508 e. The molecule has 0 aliphatic carbocycles. The molecule has 0 radical (unpaired) electrons. The van der Waals surface area contributed by atoms with Crippen LogP contribution in [0.25, 0.3) is 0 Å². The number of hydrogen-bond donors (Lipinski definition) is 1. The largest absolute Gasteiger partial charge is 0.508 e. The molecule has 0 aliphatic heterocycles. The molecule has 0 aromatic heterocycles. The first-order valence-corrected chi connectivity index (χ1v) is 3.61. The van der Waals surface area contributed by atoms with E-state index in [1.54, 1.807) is 0 Å². The molecule has 0 spiro atoms. The molecule has 0 amide bonds. The monoisotopic (exact) mass is 180 g/mol. The average molecular weight is 180 g/mol. The fourth-order valence-electron chi connectivity index (χ4n) is 0.913. The smallest absolute Gasteiger partial charge is 0.294 e. The minimum atomic E-state index is -0.891. The number of phenolic OH excluding ortho intramolecular Hbond substituents is 1. The lowest BCUT2D eigenvalue weighted by Gasteiger charge is -2.07. The van der Waals surface area contributed by atoms with Crippen LogP contribution in [0.3, 0.4) is 0 Å². The fourth-order valence-corrected chi connectivity index (χ4v) is 0.913. The number of phenols is 1. The molecule has 13 heavy (non-hydrogen) atoms. The van der Waals surface area contributed by atoms with E-state index < -0.39 is 6.10 Å². The number of aromatic hydroxyl groups is 1. The van der Waals surface area contributed by atoms with Crippen LogP contribution in [0.5, 0.6) is 5.75 Å². The SMILES string of the molecule is O=COC(C=O)c1ccc(O)cc1. The van der Waals surface area contributed by atoms with Gasteiger partial charge in [0.1, 0.15) is 5.75 Å². The Hall–Kier alpha value is -1.84. The molecule has 68 valence electrons. The summed E-state index contributed by atoms with van der Waals surface area (Å²) in [7, 11) is 0. The molecule has 0 heterocycles. The van der Waals surface area contributed by atoms with Crippen LogP contribution in [0.15, 0.2) is 24.3 Å². The van der Waals surface area contributed by atoms with Crippen molar-refractivity contribution >= 4 is 12.8 Å². The maximum atomic E-state index is 10.4. The van der Waals surface area contributed by atoms with Gasteiger partial charge < -0.3 is 9.84 Å². The molecule has 1 N–H and O–H groups in total. The highest BCUT2D eigenvalue weighted by Crippen LogP contribution is 2.17. The Bertz CT molecular complexity index is 291. The molecular formula is C9H8O4. The third kappa shape index (κ3) is 2.30. The van der Waals surface area contributed by atoms with Gasteiger partial charge in [0, 0.05) is 0 Å². The Kier molecular flexibility index (Phi) is 3.03. The van der Waals surface area contributed by atoms with E-state index in [4.69, 9.17) is 5.11 Å². The van der Waals surface area contributed by atoms with Crippen LogP contribution in [-0.2, 0) is 14.3 Å². The maximum Gasteiger partial charge on any atom is 0.294 e. The summed E-state index contributed by atoms with van der Waals surface area (Å²) in [4.78, 5) is 20.4. The molecule has 0 bridgehead atoms. The Morgan fingerprint density at radius 1 is 1.23 bits per heavy atom. The van der Waals surface area contributed by atoms with Crippen molar-refractivity contribution < 1.29 is 19.4 Å². The number of carbonyl (C=O) groups is 2. The molecule has 1 aromatic rings. The fraction of sp³-hybridized carbons (Fsp3) is 0.111. The van der Waals surface area contributed by atoms with Crippen LogP contribution in [0.2, 0.25) is 0 Å². The van der Waals surface area contributed by atoms with Crippen molar-refractivity contribution in [2.75, 3.05) is 0 Å². The number of rotatable bonds is 4. The average Bonchev–Trinajstić information content (AvgIpc) is 2.16. The van der Waals surface area contributed by atoms with Gasteiger partial charge in [-0.25, -0.2) is 0 Å². The van der Waals surface area contributed by atoms with Crippen molar-refractivity contribution in [3.05, 3.63) is 29.8 Å². The third-order valence-electron chi connectivity index (χ3n) is 1.55. The van der Waals surface area contributed by atoms with E-state index in [1.807, 2.05) is 0 Å². The molecule has 0 saturated carbocycles. The highest BCUT2D eigenvalue weighted by Gasteiger charge is 2.09. The van der Waals surface area contributed by atoms with Crippen molar-refractivity contribution in [3.8, 4) is 5.75 Å². The second-order valence-corrected chi connectivity index (χ2v) is 2.38. The molecule has 4 heteroatoms. The van der Waals surface area contributed by atoms with Crippen LogP contribution >= 0.6 is 0 Å². The third-order valence-corrected chi connectivity index (χ3v) is 1.55. The van der Waals surface area contributed by atoms with Gasteiger partial charge >= 0.3 is 0 Å². The zero-order valence-electron chi connectivity index (χ0n) is 6.71. The van der Waals surface area contributed by atoms with Gasteiger partial charge in [-0.3, -0.25) is 9.59 Å². The molecule has 1 aromatic carbocycles. The van der Waals surface area contributed by atoms with Gasteiger partial charge in [0.25, 0.3) is 6.47 Å². The van der Waals surface area contributed by atoms with Gasteiger partial charge in [-0.15, -0.1) is 0 Å². The van der Waals surface area contributed by atoms with Crippen molar-refractivity contribution in [2.24, 2.45) is 0 Å². The summed E-state index contributed by atoms with van der Waals surface area (Å²) in [5.74, 6) is 0.0968. The number of hydrogen-bond acceptors (Lipinski definition) is 4. The Morgan fingerprint density at radius 2 is 1.85 bits per heavy atom. The van der Waals surface area contributed by atoms with Crippen LogP contribution in [0.4, 0.5) is 0 Å². The van der Waals surface area contributed by atoms with E-state index in [2.05, 4.69) is 4.74 Å². The van der Waals surface area contributed by atoms with Gasteiger partial charge in [-0.2, -0.15) is 0 Å². The summed E-state index contributed by atoms with van der Waals surface area (Å²) in [5, 5.41) is 8.94. The summed E-state index contributed by atoms with van der Waals surface area (Å²) >= 11 is 0. The van der Waals surface area contributed by atoms with Crippen LogP contribution in [0, 0.1) is 0 Å². The number of carbonyl (C=O) groups excluding carboxylic acids is 2. The van der Waals surface area contributed by atoms with Gasteiger partial charge in [-0.05, 0) is 17.7 Å². The van der Waals surface area contributed by atoms with E-state index in [0.717, 1.165) is 0 Å². The lowest BCUT2D eigenvalue weighted by atomic mass is 10.1. The normalized spacial score (nSPS) is 11.7. The minimum absolute atomic E-state index is 0.0968. The number of benzene rings is 1. The van der Waals surface area contributed by atoms with Crippen molar-refractivity contribution in [1.82, 2.24) is 0 Å². The van der Waals surface area contributed by atoms with Crippen LogP contribution in [-0.4, -0.2) is 17.9 Å². The second kappa shape index (κ2) is 4.25. The second-order valence-electron chi connectivity index (χ2n) is 2.38. The first kappa shape index (κ1) is 9.25. The van der Waals surface area contributed by atoms with Crippen molar-refractivity contribution in [1.29, 1.82) is 0 Å². The first-order valence-electron chi connectivity index (χ1n) is 3.61. The van der Waals surface area contributed by atoms with E-state index in [1.165, 1.54) is 24.3 Å². The van der Waals surface area contributed by atoms with Gasteiger partial charge in [-0.1, -0.05) is 12.1 Å². The molecule has 1 atom stereocenters. The van der Waals surface area contributed by atoms with Crippen LogP contribution < -0.4 is 0 Å². The summed E-state index contributed by atoms with van der Waals surface area (Å²) in [5.41, 5.74) is 0.528. The molecule has 0 aliphatic rings. The van der Waals surface area contributed by atoms with Gasteiger partial charge in [0.2, 0.25) is 0 Å². The number of ether oxygens (including phenoxy) is 1. The predicted molar refractivity (Wildman–Crippen MR) is 44.1 cm³/mol. The van der Waals surface area contributed by atoms with Crippen LogP contribution in [0.1, 0.15) is 11.7 Å². The highest BCUT2D eigenvalue weighted by molar-refractivity contribution is 5.62. The standard InChI is InChI=1S/C9H8O4/c10-5-9(13-6-11)7-1-3-8(12)4-2-7/h1-6,9,12H. The Labute approximate surface area is 74.8 Å². The molecule has 1 rings (SSSR count). The molecule has 4 nitrogen and oxygen atoms in total. The van der Waals surface area contributed by atoms with Crippen molar-refractivity contribution in [2.45, 2.75) is 6.10 Å². The zero-order chi connectivity index (χ0) is 9.68. The summed E-state index contributed by atoms with van der Waals surface area (Å²) in [6.45, 7) is 0.214. The van der Waals surface area contributed by atoms with E-state index in [0.29, 0.717) is 11.8 Å². The Morgan fingerprint density at radius 3 is 2.31 bits per heavy atom. The zero-order valence-corrected chi connectivity index (χ0v) is 6.71. The van der Waals surface area contributed by atoms with Gasteiger partial charge in [0.05, 0.1) is 0 Å². The van der Waals surface area contributed by atoms with E-state index >= 15 is 0 Å². The van der Waals surface area contributed by atoms with Gasteiger partial charge in [0.15, 0.2) is 12.4 Å².